The van der Waals surface area contributed by atoms with Gasteiger partial charge in [-0.2, -0.15) is 0 Å². The number of carbonyl (C=O) groups is 1. The molecule has 4 nitrogen and oxygen atoms in total. The lowest BCUT2D eigenvalue weighted by Gasteiger charge is -2.10. The molecule has 0 amide bonds. The summed E-state index contributed by atoms with van der Waals surface area (Å²) in [6.45, 7) is 2.63. The van der Waals surface area contributed by atoms with E-state index in [1.54, 1.807) is 31.2 Å². The largest absolute Gasteiger partial charge is 0.489 e. The fourth-order valence-corrected chi connectivity index (χ4v) is 2.38. The van der Waals surface area contributed by atoms with Crippen LogP contribution in [-0.4, -0.2) is 12.6 Å². The molecule has 0 radical (unpaired) electrons. The van der Waals surface area contributed by atoms with Crippen LogP contribution < -0.4 is 9.47 Å². The summed E-state index contributed by atoms with van der Waals surface area (Å²) in [4.78, 5) is 11.7. The van der Waals surface area contributed by atoms with Crippen LogP contribution in [0, 0.1) is 0 Å². The van der Waals surface area contributed by atoms with Gasteiger partial charge >= 0.3 is 5.97 Å². The van der Waals surface area contributed by atoms with Gasteiger partial charge in [0.1, 0.15) is 23.9 Å². The zero-order valence-corrected chi connectivity index (χ0v) is 14.6. The third-order valence-electron chi connectivity index (χ3n) is 3.65. The molecule has 0 saturated heterocycles. The predicted molar refractivity (Wildman–Crippen MR) is 99.7 cm³/mol. The monoisotopic (exact) mass is 348 g/mol. The maximum Gasteiger partial charge on any atom is 0.338 e. The van der Waals surface area contributed by atoms with Gasteiger partial charge in [0, 0.05) is 6.07 Å². The van der Waals surface area contributed by atoms with E-state index >= 15 is 0 Å². The van der Waals surface area contributed by atoms with Gasteiger partial charge in [-0.25, -0.2) is 4.79 Å². The Bertz CT molecular complexity index is 842. The van der Waals surface area contributed by atoms with E-state index in [1.165, 1.54) is 0 Å². The highest BCUT2D eigenvalue weighted by molar-refractivity contribution is 5.89. The maximum atomic E-state index is 11.7. The zero-order valence-electron chi connectivity index (χ0n) is 14.6. The van der Waals surface area contributed by atoms with Gasteiger partial charge in [0.25, 0.3) is 0 Å². The first-order valence-corrected chi connectivity index (χ1v) is 8.46. The SMILES string of the molecule is CCOC(=O)c1ccc(Oc2cccc(OCc3ccccc3)c2)cc1. The summed E-state index contributed by atoms with van der Waals surface area (Å²) < 4.78 is 16.6. The first-order valence-electron chi connectivity index (χ1n) is 8.46. The molecule has 0 aliphatic rings. The molecule has 3 rings (SSSR count). The van der Waals surface area contributed by atoms with Gasteiger partial charge in [-0.05, 0) is 48.9 Å². The Hall–Kier alpha value is -3.27. The minimum atomic E-state index is -0.338. The summed E-state index contributed by atoms with van der Waals surface area (Å²) >= 11 is 0. The second-order valence-corrected chi connectivity index (χ2v) is 5.60. The molecular weight excluding hydrogens is 328 g/mol. The number of hydrogen-bond donors (Lipinski definition) is 0. The number of rotatable bonds is 7. The van der Waals surface area contributed by atoms with E-state index in [1.807, 2.05) is 54.6 Å². The third kappa shape index (κ3) is 4.86. The Morgan fingerprint density at radius 2 is 1.54 bits per heavy atom. The lowest BCUT2D eigenvalue weighted by atomic mass is 10.2. The minimum absolute atomic E-state index is 0.338. The minimum Gasteiger partial charge on any atom is -0.489 e. The maximum absolute atomic E-state index is 11.7. The van der Waals surface area contributed by atoms with Crippen LogP contribution in [0.3, 0.4) is 0 Å². The Morgan fingerprint density at radius 1 is 0.808 bits per heavy atom. The highest BCUT2D eigenvalue weighted by atomic mass is 16.5. The van der Waals surface area contributed by atoms with E-state index in [2.05, 4.69) is 0 Å². The molecule has 3 aromatic carbocycles. The first-order chi connectivity index (χ1) is 12.7. The van der Waals surface area contributed by atoms with E-state index in [0.29, 0.717) is 30.3 Å². The Balaban J connectivity index is 1.62. The van der Waals surface area contributed by atoms with Crippen LogP contribution in [0.4, 0.5) is 0 Å². The van der Waals surface area contributed by atoms with Gasteiger partial charge in [-0.1, -0.05) is 36.4 Å². The summed E-state index contributed by atoms with van der Waals surface area (Å²) in [5.41, 5.74) is 1.60. The number of hydrogen-bond acceptors (Lipinski definition) is 4. The van der Waals surface area contributed by atoms with E-state index in [0.717, 1.165) is 11.3 Å². The van der Waals surface area contributed by atoms with Crippen molar-refractivity contribution in [2.24, 2.45) is 0 Å². The van der Waals surface area contributed by atoms with E-state index < -0.39 is 0 Å². The number of ether oxygens (including phenoxy) is 3. The number of esters is 1. The van der Waals surface area contributed by atoms with Crippen LogP contribution in [-0.2, 0) is 11.3 Å². The molecule has 132 valence electrons. The van der Waals surface area contributed by atoms with E-state index in [-0.39, 0.29) is 5.97 Å². The highest BCUT2D eigenvalue weighted by Crippen LogP contribution is 2.26. The zero-order chi connectivity index (χ0) is 18.2. The van der Waals surface area contributed by atoms with Gasteiger partial charge in [0.2, 0.25) is 0 Å². The Morgan fingerprint density at radius 3 is 2.27 bits per heavy atom. The molecule has 0 aliphatic heterocycles. The topological polar surface area (TPSA) is 44.8 Å². The Kier molecular flexibility index (Phi) is 5.88. The first kappa shape index (κ1) is 17.5. The molecule has 0 unspecified atom stereocenters. The molecule has 0 heterocycles. The molecule has 0 bridgehead atoms. The number of carbonyl (C=O) groups excluding carboxylic acids is 1. The average molecular weight is 348 g/mol. The van der Waals surface area contributed by atoms with Gasteiger partial charge in [0.15, 0.2) is 0 Å². The van der Waals surface area contributed by atoms with Crippen LogP contribution in [0.2, 0.25) is 0 Å². The second-order valence-electron chi connectivity index (χ2n) is 5.60. The average Bonchev–Trinajstić information content (AvgIpc) is 2.68. The summed E-state index contributed by atoms with van der Waals surface area (Å²) in [6, 6.07) is 24.3. The fraction of sp³-hybridized carbons (Fsp3) is 0.136. The molecule has 4 heteroatoms. The van der Waals surface area contributed by atoms with Crippen molar-refractivity contribution in [3.05, 3.63) is 90.0 Å². The fourth-order valence-electron chi connectivity index (χ4n) is 2.38. The molecule has 0 aliphatic carbocycles. The quantitative estimate of drug-likeness (QED) is 0.548. The van der Waals surface area contributed by atoms with Crippen molar-refractivity contribution in [1.82, 2.24) is 0 Å². The van der Waals surface area contributed by atoms with Gasteiger partial charge in [-0.15, -0.1) is 0 Å². The van der Waals surface area contributed by atoms with E-state index in [9.17, 15) is 4.79 Å². The molecular formula is C22H20O4. The van der Waals surface area contributed by atoms with Crippen LogP contribution >= 0.6 is 0 Å². The third-order valence-corrected chi connectivity index (χ3v) is 3.65. The van der Waals surface area contributed by atoms with Crippen molar-refractivity contribution in [2.45, 2.75) is 13.5 Å². The van der Waals surface area contributed by atoms with Crippen LogP contribution in [0.15, 0.2) is 78.9 Å². The summed E-state index contributed by atoms with van der Waals surface area (Å²) in [6.07, 6.45) is 0. The predicted octanol–water partition coefficient (Wildman–Crippen LogP) is 5.23. The molecule has 26 heavy (non-hydrogen) atoms. The van der Waals surface area contributed by atoms with Gasteiger partial charge in [-0.3, -0.25) is 0 Å². The molecule has 3 aromatic rings. The van der Waals surface area contributed by atoms with Gasteiger partial charge < -0.3 is 14.2 Å². The standard InChI is InChI=1S/C22H20O4/c1-2-24-22(23)18-11-13-19(14-12-18)26-21-10-6-9-20(15-21)25-16-17-7-4-3-5-8-17/h3-15H,2,16H2,1H3. The van der Waals surface area contributed by atoms with Gasteiger partial charge in [0.05, 0.1) is 12.2 Å². The highest BCUT2D eigenvalue weighted by Gasteiger charge is 2.07. The molecule has 0 saturated carbocycles. The molecule has 0 atom stereocenters. The van der Waals surface area contributed by atoms with Crippen molar-refractivity contribution in [3.63, 3.8) is 0 Å². The van der Waals surface area contributed by atoms with Crippen molar-refractivity contribution >= 4 is 5.97 Å². The lowest BCUT2D eigenvalue weighted by molar-refractivity contribution is 0.0526. The molecule has 0 fully saturated rings. The van der Waals surface area contributed by atoms with Crippen LogP contribution in [0.25, 0.3) is 0 Å². The lowest BCUT2D eigenvalue weighted by Crippen LogP contribution is -2.04. The van der Waals surface area contributed by atoms with Crippen molar-refractivity contribution < 1.29 is 19.0 Å². The number of benzene rings is 3. The Labute approximate surface area is 153 Å². The smallest absolute Gasteiger partial charge is 0.338 e. The summed E-state index contributed by atoms with van der Waals surface area (Å²) in [5, 5.41) is 0. The molecule has 0 N–H and O–H groups in total. The van der Waals surface area contributed by atoms with Crippen molar-refractivity contribution in [2.75, 3.05) is 6.61 Å². The van der Waals surface area contributed by atoms with Crippen molar-refractivity contribution in [3.8, 4) is 17.2 Å². The normalized spacial score (nSPS) is 10.2. The van der Waals surface area contributed by atoms with E-state index in [4.69, 9.17) is 14.2 Å². The second kappa shape index (κ2) is 8.72. The van der Waals surface area contributed by atoms with Crippen LogP contribution in [0.5, 0.6) is 17.2 Å². The molecule has 0 aromatic heterocycles. The summed E-state index contributed by atoms with van der Waals surface area (Å²) in [5.74, 6) is 1.70. The van der Waals surface area contributed by atoms with Crippen molar-refractivity contribution in [1.29, 1.82) is 0 Å². The molecule has 0 spiro atoms. The summed E-state index contributed by atoms with van der Waals surface area (Å²) in [7, 11) is 0. The van der Waals surface area contributed by atoms with Crippen LogP contribution in [0.1, 0.15) is 22.8 Å².